The summed E-state index contributed by atoms with van der Waals surface area (Å²) in [6, 6.07) is -0.280. The Labute approximate surface area is 189 Å². The van der Waals surface area contributed by atoms with E-state index in [0.717, 1.165) is 38.8 Å². The van der Waals surface area contributed by atoms with Crippen molar-refractivity contribution in [1.29, 1.82) is 0 Å². The van der Waals surface area contributed by atoms with Gasteiger partial charge in [-0.15, -0.1) is 0 Å². The molecule has 0 saturated carbocycles. The van der Waals surface area contributed by atoms with Gasteiger partial charge in [-0.05, 0) is 32.4 Å². The van der Waals surface area contributed by atoms with Gasteiger partial charge in [0.05, 0.1) is 0 Å². The van der Waals surface area contributed by atoms with Crippen LogP contribution >= 0.6 is 0 Å². The molecule has 0 amide bonds. The molecule has 0 aromatic carbocycles. The molecule has 0 aromatic rings. The van der Waals surface area contributed by atoms with Gasteiger partial charge in [-0.2, -0.15) is 0 Å². The summed E-state index contributed by atoms with van der Waals surface area (Å²) in [5, 5.41) is 9.72. The third-order valence-electron chi connectivity index (χ3n) is 6.39. The zero-order chi connectivity index (χ0) is 22.3. The smallest absolute Gasteiger partial charge is 0.320 e. The van der Waals surface area contributed by atoms with Crippen LogP contribution in [0.15, 0.2) is 0 Å². The topological polar surface area (TPSA) is 40.5 Å². The van der Waals surface area contributed by atoms with Gasteiger partial charge in [-0.1, -0.05) is 130 Å². The second-order valence-electron chi connectivity index (χ2n) is 9.34. The van der Waals surface area contributed by atoms with E-state index in [9.17, 15) is 9.90 Å². The van der Waals surface area contributed by atoms with Gasteiger partial charge < -0.3 is 5.11 Å². The molecule has 0 aliphatic heterocycles. The second kappa shape index (κ2) is 23.1. The van der Waals surface area contributed by atoms with Crippen molar-refractivity contribution >= 4 is 5.97 Å². The first-order valence-corrected chi connectivity index (χ1v) is 13.6. The lowest BCUT2D eigenvalue weighted by molar-refractivity contribution is -0.143. The first-order valence-electron chi connectivity index (χ1n) is 13.6. The molecule has 3 heteroatoms. The highest BCUT2D eigenvalue weighted by molar-refractivity contribution is 5.73. The summed E-state index contributed by atoms with van der Waals surface area (Å²) in [6.45, 7) is 8.56. The van der Waals surface area contributed by atoms with E-state index in [1.165, 1.54) is 103 Å². The van der Waals surface area contributed by atoms with Crippen molar-refractivity contribution in [2.75, 3.05) is 13.1 Å². The van der Waals surface area contributed by atoms with Crippen molar-refractivity contribution in [3.63, 3.8) is 0 Å². The van der Waals surface area contributed by atoms with Crippen LogP contribution in [-0.2, 0) is 4.79 Å². The standard InChI is InChI=1S/C27H55NO2/c1-4-7-9-11-13-15-17-19-21-24-28(26(23-6-3)27(29)30)25-22-20-18-16-14-12-10-8-5-2/h26H,4-25H2,1-3H3,(H,29,30). The molecular formula is C27H55NO2. The van der Waals surface area contributed by atoms with E-state index in [2.05, 4.69) is 25.7 Å². The summed E-state index contributed by atoms with van der Waals surface area (Å²) in [6.07, 6.45) is 25.5. The third-order valence-corrected chi connectivity index (χ3v) is 6.39. The van der Waals surface area contributed by atoms with E-state index >= 15 is 0 Å². The predicted octanol–water partition coefficient (Wildman–Crippen LogP) is 8.60. The average Bonchev–Trinajstić information content (AvgIpc) is 2.73. The molecule has 1 unspecified atom stereocenters. The minimum Gasteiger partial charge on any atom is -0.480 e. The summed E-state index contributed by atoms with van der Waals surface area (Å²) < 4.78 is 0. The summed E-state index contributed by atoms with van der Waals surface area (Å²) in [5.74, 6) is -0.622. The van der Waals surface area contributed by atoms with E-state index in [-0.39, 0.29) is 6.04 Å². The zero-order valence-electron chi connectivity index (χ0n) is 20.9. The number of rotatable bonds is 24. The Hall–Kier alpha value is -0.570. The summed E-state index contributed by atoms with van der Waals surface area (Å²) in [7, 11) is 0. The summed E-state index contributed by atoms with van der Waals surface area (Å²) >= 11 is 0. The van der Waals surface area contributed by atoms with Crippen LogP contribution in [0.25, 0.3) is 0 Å². The lowest BCUT2D eigenvalue weighted by Gasteiger charge is -2.29. The van der Waals surface area contributed by atoms with Crippen LogP contribution in [0.4, 0.5) is 0 Å². The van der Waals surface area contributed by atoms with Gasteiger partial charge in [0.15, 0.2) is 0 Å². The number of carboxylic acid groups (broad SMARTS) is 1. The van der Waals surface area contributed by atoms with Crippen LogP contribution < -0.4 is 0 Å². The lowest BCUT2D eigenvalue weighted by Crippen LogP contribution is -2.42. The highest BCUT2D eigenvalue weighted by Gasteiger charge is 2.23. The van der Waals surface area contributed by atoms with Gasteiger partial charge >= 0.3 is 5.97 Å². The molecule has 3 nitrogen and oxygen atoms in total. The first kappa shape index (κ1) is 29.4. The van der Waals surface area contributed by atoms with Gasteiger partial charge in [-0.3, -0.25) is 9.69 Å². The minimum absolute atomic E-state index is 0.280. The Balaban J connectivity index is 4.05. The van der Waals surface area contributed by atoms with Crippen LogP contribution in [0.2, 0.25) is 0 Å². The molecule has 180 valence electrons. The molecule has 0 heterocycles. The molecule has 0 aromatic heterocycles. The average molecular weight is 426 g/mol. The fraction of sp³-hybridized carbons (Fsp3) is 0.963. The quantitative estimate of drug-likeness (QED) is 0.157. The summed E-state index contributed by atoms with van der Waals surface area (Å²) in [4.78, 5) is 14.1. The predicted molar refractivity (Wildman–Crippen MR) is 132 cm³/mol. The summed E-state index contributed by atoms with van der Waals surface area (Å²) in [5.41, 5.74) is 0. The number of hydrogen-bond donors (Lipinski definition) is 1. The Morgan fingerprint density at radius 1 is 0.567 bits per heavy atom. The van der Waals surface area contributed by atoms with Crippen LogP contribution in [0.5, 0.6) is 0 Å². The van der Waals surface area contributed by atoms with Gasteiger partial charge in [0, 0.05) is 0 Å². The molecule has 0 radical (unpaired) electrons. The molecular weight excluding hydrogens is 370 g/mol. The van der Waals surface area contributed by atoms with Crippen molar-refractivity contribution in [2.45, 2.75) is 155 Å². The second-order valence-corrected chi connectivity index (χ2v) is 9.34. The van der Waals surface area contributed by atoms with Crippen molar-refractivity contribution in [3.8, 4) is 0 Å². The van der Waals surface area contributed by atoms with Crippen molar-refractivity contribution < 1.29 is 9.90 Å². The minimum atomic E-state index is -0.622. The number of hydrogen-bond acceptors (Lipinski definition) is 2. The van der Waals surface area contributed by atoms with E-state index in [4.69, 9.17) is 0 Å². The number of unbranched alkanes of at least 4 members (excludes halogenated alkanes) is 16. The van der Waals surface area contributed by atoms with E-state index in [1.807, 2.05) is 0 Å². The fourth-order valence-electron chi connectivity index (χ4n) is 4.41. The highest BCUT2D eigenvalue weighted by atomic mass is 16.4. The normalized spacial score (nSPS) is 12.5. The highest BCUT2D eigenvalue weighted by Crippen LogP contribution is 2.15. The molecule has 1 atom stereocenters. The molecule has 0 fully saturated rings. The van der Waals surface area contributed by atoms with Gasteiger partial charge in [0.25, 0.3) is 0 Å². The number of carbonyl (C=O) groups is 1. The Kier molecular flexibility index (Phi) is 22.7. The number of aliphatic carboxylic acids is 1. The molecule has 0 saturated heterocycles. The molecule has 0 aliphatic rings. The van der Waals surface area contributed by atoms with Gasteiger partial charge in [0.1, 0.15) is 6.04 Å². The van der Waals surface area contributed by atoms with E-state index in [1.54, 1.807) is 0 Å². The molecule has 30 heavy (non-hydrogen) atoms. The number of nitrogens with zero attached hydrogens (tertiary/aromatic N) is 1. The maximum atomic E-state index is 11.8. The molecule has 1 N–H and O–H groups in total. The van der Waals surface area contributed by atoms with Gasteiger partial charge in [0.2, 0.25) is 0 Å². The van der Waals surface area contributed by atoms with Gasteiger partial charge in [-0.25, -0.2) is 0 Å². The van der Waals surface area contributed by atoms with Crippen LogP contribution in [0.3, 0.4) is 0 Å². The van der Waals surface area contributed by atoms with Crippen molar-refractivity contribution in [1.82, 2.24) is 4.90 Å². The molecule has 0 bridgehead atoms. The lowest BCUT2D eigenvalue weighted by atomic mass is 10.0. The van der Waals surface area contributed by atoms with Crippen molar-refractivity contribution in [3.05, 3.63) is 0 Å². The largest absolute Gasteiger partial charge is 0.480 e. The SMILES string of the molecule is CCCCCCCCCCCN(CCCCCCCCCCC)C(CCC)C(=O)O. The van der Waals surface area contributed by atoms with Crippen LogP contribution in [-0.4, -0.2) is 35.1 Å². The van der Waals surface area contributed by atoms with Crippen molar-refractivity contribution in [2.24, 2.45) is 0 Å². The monoisotopic (exact) mass is 425 g/mol. The first-order chi connectivity index (χ1) is 14.7. The molecule has 0 rings (SSSR count). The van der Waals surface area contributed by atoms with E-state index < -0.39 is 5.97 Å². The Bertz CT molecular complexity index is 337. The van der Waals surface area contributed by atoms with Crippen LogP contribution in [0.1, 0.15) is 149 Å². The zero-order valence-corrected chi connectivity index (χ0v) is 20.9. The van der Waals surface area contributed by atoms with E-state index in [0.29, 0.717) is 0 Å². The fourth-order valence-corrected chi connectivity index (χ4v) is 4.41. The Morgan fingerprint density at radius 2 is 0.900 bits per heavy atom. The molecule has 0 aliphatic carbocycles. The third kappa shape index (κ3) is 18.2. The number of carboxylic acids is 1. The maximum Gasteiger partial charge on any atom is 0.320 e. The maximum absolute atomic E-state index is 11.8. The molecule has 0 spiro atoms. The van der Waals surface area contributed by atoms with Crippen LogP contribution in [0, 0.1) is 0 Å². The Morgan fingerprint density at radius 3 is 1.20 bits per heavy atom.